The van der Waals surface area contributed by atoms with Crippen LogP contribution in [0.5, 0.6) is 5.75 Å². The summed E-state index contributed by atoms with van der Waals surface area (Å²) in [7, 11) is 0. The molecule has 0 saturated heterocycles. The van der Waals surface area contributed by atoms with Gasteiger partial charge in [-0.15, -0.1) is 0 Å². The molecule has 0 aromatic heterocycles. The van der Waals surface area contributed by atoms with Crippen molar-refractivity contribution in [1.82, 2.24) is 0 Å². The molecule has 1 heteroatoms. The number of phenols is 1. The van der Waals surface area contributed by atoms with E-state index in [9.17, 15) is 5.11 Å². The maximum atomic E-state index is 9.60. The number of hydrogen-bond donors (Lipinski definition) is 1. The van der Waals surface area contributed by atoms with Gasteiger partial charge < -0.3 is 5.11 Å². The van der Waals surface area contributed by atoms with Crippen molar-refractivity contribution in [2.24, 2.45) is 0 Å². The van der Waals surface area contributed by atoms with Gasteiger partial charge in [0.15, 0.2) is 0 Å². The van der Waals surface area contributed by atoms with E-state index in [-0.39, 0.29) is 0 Å². The lowest BCUT2D eigenvalue weighted by molar-refractivity contribution is 0.471. The highest BCUT2D eigenvalue weighted by Gasteiger charge is 2.01. The molecule has 3 aromatic rings. The Morgan fingerprint density at radius 2 is 1.27 bits per heavy atom. The van der Waals surface area contributed by atoms with E-state index < -0.39 is 0 Å². The molecule has 1 nitrogen and oxygen atoms in total. The van der Waals surface area contributed by atoms with Crippen molar-refractivity contribution >= 4 is 12.2 Å². The Balaban J connectivity index is 1.80. The molecule has 3 aromatic carbocycles. The molecule has 0 aliphatic rings. The van der Waals surface area contributed by atoms with Gasteiger partial charge in [-0.25, -0.2) is 0 Å². The van der Waals surface area contributed by atoms with Crippen LogP contribution in [-0.4, -0.2) is 5.11 Å². The van der Waals surface area contributed by atoms with Crippen molar-refractivity contribution in [2.45, 2.75) is 6.92 Å². The van der Waals surface area contributed by atoms with Crippen LogP contribution >= 0.6 is 0 Å². The Kier molecular flexibility index (Phi) is 4.06. The Morgan fingerprint density at radius 1 is 0.682 bits per heavy atom. The first kappa shape index (κ1) is 14.2. The summed E-state index contributed by atoms with van der Waals surface area (Å²) in [6.07, 6.45) is 4.22. The topological polar surface area (TPSA) is 20.2 Å². The van der Waals surface area contributed by atoms with Gasteiger partial charge in [-0.3, -0.25) is 0 Å². The zero-order valence-corrected chi connectivity index (χ0v) is 12.5. The van der Waals surface area contributed by atoms with Gasteiger partial charge >= 0.3 is 0 Å². The van der Waals surface area contributed by atoms with Gasteiger partial charge in [-0.2, -0.15) is 0 Å². The van der Waals surface area contributed by atoms with Crippen LogP contribution in [0.1, 0.15) is 16.7 Å². The fourth-order valence-electron chi connectivity index (χ4n) is 2.38. The molecule has 0 aliphatic heterocycles. The predicted molar refractivity (Wildman–Crippen MR) is 93.6 cm³/mol. The summed E-state index contributed by atoms with van der Waals surface area (Å²) in [6, 6.07) is 24.4. The van der Waals surface area contributed by atoms with Crippen LogP contribution in [-0.2, 0) is 0 Å². The molecular weight excluding hydrogens is 268 g/mol. The molecule has 0 saturated carbocycles. The van der Waals surface area contributed by atoms with Crippen molar-refractivity contribution in [3.63, 3.8) is 0 Å². The maximum absolute atomic E-state index is 9.60. The first-order valence-electron chi connectivity index (χ1n) is 7.35. The fraction of sp³-hybridized carbons (Fsp3) is 0.0476. The van der Waals surface area contributed by atoms with E-state index in [1.165, 1.54) is 11.1 Å². The minimum absolute atomic E-state index is 0.339. The third-order valence-electron chi connectivity index (χ3n) is 3.71. The van der Waals surface area contributed by atoms with Crippen molar-refractivity contribution < 1.29 is 5.11 Å². The highest BCUT2D eigenvalue weighted by Crippen LogP contribution is 2.25. The average Bonchev–Trinajstić information content (AvgIpc) is 2.57. The molecule has 0 atom stereocenters. The largest absolute Gasteiger partial charge is 0.508 e. The second kappa shape index (κ2) is 6.31. The van der Waals surface area contributed by atoms with Crippen LogP contribution in [0.3, 0.4) is 0 Å². The quantitative estimate of drug-likeness (QED) is 0.627. The van der Waals surface area contributed by atoms with E-state index >= 15 is 0 Å². The van der Waals surface area contributed by atoms with Crippen molar-refractivity contribution in [3.05, 3.63) is 89.5 Å². The van der Waals surface area contributed by atoms with E-state index in [2.05, 4.69) is 48.6 Å². The second-order valence-corrected chi connectivity index (χ2v) is 5.37. The van der Waals surface area contributed by atoms with Crippen LogP contribution in [0.2, 0.25) is 0 Å². The number of rotatable bonds is 3. The number of phenolic OH excluding ortho intramolecular Hbond substituents is 1. The molecule has 0 aliphatic carbocycles. The molecule has 0 radical (unpaired) electrons. The van der Waals surface area contributed by atoms with E-state index in [1.54, 1.807) is 6.07 Å². The van der Waals surface area contributed by atoms with Gasteiger partial charge in [-0.05, 0) is 46.9 Å². The molecule has 108 valence electrons. The van der Waals surface area contributed by atoms with Crippen LogP contribution < -0.4 is 0 Å². The van der Waals surface area contributed by atoms with E-state index in [0.29, 0.717) is 5.75 Å². The number of benzene rings is 3. The summed E-state index contributed by atoms with van der Waals surface area (Å²) in [5, 5.41) is 9.60. The third-order valence-corrected chi connectivity index (χ3v) is 3.71. The lowest BCUT2D eigenvalue weighted by atomic mass is 10.0. The van der Waals surface area contributed by atoms with Gasteiger partial charge in [0.25, 0.3) is 0 Å². The molecule has 0 unspecified atom stereocenters. The lowest BCUT2D eigenvalue weighted by Crippen LogP contribution is -1.81. The second-order valence-electron chi connectivity index (χ2n) is 5.37. The first-order chi connectivity index (χ1) is 10.7. The standard InChI is InChI=1S/C21H18O/c1-16-15-20(13-14-21(16)22)19-11-9-18(10-12-19)8-7-17-5-3-2-4-6-17/h2-15,22H,1H3/b8-7+. The highest BCUT2D eigenvalue weighted by molar-refractivity contribution is 5.72. The molecule has 0 amide bonds. The van der Waals surface area contributed by atoms with Crippen molar-refractivity contribution in [2.75, 3.05) is 0 Å². The number of aryl methyl sites for hydroxylation is 1. The Bertz CT molecular complexity index is 784. The Labute approximate surface area is 131 Å². The van der Waals surface area contributed by atoms with E-state index in [1.807, 2.05) is 37.3 Å². The molecule has 0 spiro atoms. The molecule has 22 heavy (non-hydrogen) atoms. The summed E-state index contributed by atoms with van der Waals surface area (Å²) >= 11 is 0. The van der Waals surface area contributed by atoms with Crippen LogP contribution in [0.15, 0.2) is 72.8 Å². The number of hydrogen-bond acceptors (Lipinski definition) is 1. The van der Waals surface area contributed by atoms with Crippen LogP contribution in [0.4, 0.5) is 0 Å². The monoisotopic (exact) mass is 286 g/mol. The van der Waals surface area contributed by atoms with Crippen molar-refractivity contribution in [3.8, 4) is 16.9 Å². The first-order valence-corrected chi connectivity index (χ1v) is 7.35. The zero-order valence-electron chi connectivity index (χ0n) is 12.5. The maximum Gasteiger partial charge on any atom is 0.118 e. The third kappa shape index (κ3) is 3.26. The minimum Gasteiger partial charge on any atom is -0.508 e. The molecule has 1 N–H and O–H groups in total. The zero-order chi connectivity index (χ0) is 15.4. The number of aromatic hydroxyl groups is 1. The van der Waals surface area contributed by atoms with E-state index in [0.717, 1.165) is 16.7 Å². The molecule has 3 rings (SSSR count). The van der Waals surface area contributed by atoms with Crippen LogP contribution in [0, 0.1) is 6.92 Å². The van der Waals surface area contributed by atoms with E-state index in [4.69, 9.17) is 0 Å². The molecular formula is C21H18O. The average molecular weight is 286 g/mol. The smallest absolute Gasteiger partial charge is 0.118 e. The van der Waals surface area contributed by atoms with Crippen LogP contribution in [0.25, 0.3) is 23.3 Å². The Hall–Kier alpha value is -2.80. The minimum atomic E-state index is 0.339. The summed E-state index contributed by atoms with van der Waals surface area (Å²) < 4.78 is 0. The summed E-state index contributed by atoms with van der Waals surface area (Å²) in [6.45, 7) is 1.91. The molecule has 0 bridgehead atoms. The predicted octanol–water partition coefficient (Wildman–Crippen LogP) is 5.54. The Morgan fingerprint density at radius 3 is 1.91 bits per heavy atom. The summed E-state index contributed by atoms with van der Waals surface area (Å²) in [4.78, 5) is 0. The van der Waals surface area contributed by atoms with Crippen molar-refractivity contribution in [1.29, 1.82) is 0 Å². The molecule has 0 heterocycles. The summed E-state index contributed by atoms with van der Waals surface area (Å²) in [5.74, 6) is 0.339. The normalized spacial score (nSPS) is 11.0. The summed E-state index contributed by atoms with van der Waals surface area (Å²) in [5.41, 5.74) is 5.53. The van der Waals surface area contributed by atoms with Gasteiger partial charge in [0.1, 0.15) is 5.75 Å². The van der Waals surface area contributed by atoms with Gasteiger partial charge in [0.2, 0.25) is 0 Å². The fourth-order valence-corrected chi connectivity index (χ4v) is 2.38. The molecule has 0 fully saturated rings. The lowest BCUT2D eigenvalue weighted by Gasteiger charge is -2.05. The van der Waals surface area contributed by atoms with Gasteiger partial charge in [0, 0.05) is 0 Å². The van der Waals surface area contributed by atoms with Gasteiger partial charge in [0.05, 0.1) is 0 Å². The SMILES string of the molecule is Cc1cc(-c2ccc(/C=C/c3ccccc3)cc2)ccc1O. The van der Waals surface area contributed by atoms with Gasteiger partial charge in [-0.1, -0.05) is 72.8 Å². The highest BCUT2D eigenvalue weighted by atomic mass is 16.3.